The van der Waals surface area contributed by atoms with Crippen LogP contribution in [0.15, 0.2) is 23.4 Å². The van der Waals surface area contributed by atoms with E-state index in [1.54, 1.807) is 10.6 Å². The van der Waals surface area contributed by atoms with Crippen LogP contribution in [0.4, 0.5) is 4.39 Å². The number of hydrogen-bond acceptors (Lipinski definition) is 4. The summed E-state index contributed by atoms with van der Waals surface area (Å²) in [5.74, 6) is -0.230. The van der Waals surface area contributed by atoms with E-state index in [4.69, 9.17) is 5.11 Å². The summed E-state index contributed by atoms with van der Waals surface area (Å²) in [6.07, 6.45) is 2.08. The highest BCUT2D eigenvalue weighted by Gasteiger charge is 2.31. The topological polar surface area (TPSA) is 68.0 Å². The van der Waals surface area contributed by atoms with Gasteiger partial charge < -0.3 is 5.11 Å². The minimum atomic E-state index is -0.918. The maximum Gasteiger partial charge on any atom is 0.313 e. The van der Waals surface area contributed by atoms with Gasteiger partial charge in [0.15, 0.2) is 5.16 Å². The fourth-order valence-corrected chi connectivity index (χ4v) is 2.83. The molecule has 1 aliphatic carbocycles. The molecule has 1 N–H and O–H groups in total. The summed E-state index contributed by atoms with van der Waals surface area (Å²) in [5, 5.41) is 17.6. The molecule has 1 aromatic carbocycles. The van der Waals surface area contributed by atoms with Gasteiger partial charge in [-0.3, -0.25) is 9.36 Å². The highest BCUT2D eigenvalue weighted by molar-refractivity contribution is 7.99. The molecule has 1 aromatic heterocycles. The van der Waals surface area contributed by atoms with Gasteiger partial charge in [-0.1, -0.05) is 17.8 Å². The normalized spacial score (nSPS) is 14.4. The Kier molecular flexibility index (Phi) is 3.67. The lowest BCUT2D eigenvalue weighted by Crippen LogP contribution is -2.06. The molecule has 5 nitrogen and oxygen atoms in total. The molecule has 110 valence electrons. The number of halogens is 1. The van der Waals surface area contributed by atoms with Gasteiger partial charge in [-0.05, 0) is 37.5 Å². The van der Waals surface area contributed by atoms with Crippen molar-refractivity contribution in [1.82, 2.24) is 14.8 Å². The number of thioether (sulfide) groups is 1. The van der Waals surface area contributed by atoms with E-state index in [1.165, 1.54) is 12.1 Å². The number of rotatable bonds is 5. The largest absolute Gasteiger partial charge is 0.481 e. The standard InChI is InChI=1S/C14H14FN3O2S/c1-8-2-5-10(15)6-11(8)18-13(9-3-4-9)16-17-14(18)21-7-12(19)20/h2,5-6,9H,3-4,7H2,1H3,(H,19,20). The highest BCUT2D eigenvalue weighted by atomic mass is 32.2. The Labute approximate surface area is 125 Å². The highest BCUT2D eigenvalue weighted by Crippen LogP contribution is 2.41. The molecule has 0 spiro atoms. The number of nitrogens with zero attached hydrogens (tertiary/aromatic N) is 3. The van der Waals surface area contributed by atoms with Gasteiger partial charge in [-0.15, -0.1) is 10.2 Å². The summed E-state index contributed by atoms with van der Waals surface area (Å²) < 4.78 is 15.4. The van der Waals surface area contributed by atoms with Crippen LogP contribution in [0.5, 0.6) is 0 Å². The van der Waals surface area contributed by atoms with Gasteiger partial charge in [-0.25, -0.2) is 4.39 Å². The van der Waals surface area contributed by atoms with Crippen LogP contribution in [-0.4, -0.2) is 31.6 Å². The molecular formula is C14H14FN3O2S. The van der Waals surface area contributed by atoms with Crippen LogP contribution in [0, 0.1) is 12.7 Å². The van der Waals surface area contributed by atoms with Crippen LogP contribution in [-0.2, 0) is 4.79 Å². The Bertz CT molecular complexity index is 698. The van der Waals surface area contributed by atoms with Gasteiger partial charge in [0, 0.05) is 5.92 Å². The summed E-state index contributed by atoms with van der Waals surface area (Å²) in [6, 6.07) is 4.55. The van der Waals surface area contributed by atoms with Crippen molar-refractivity contribution in [2.45, 2.75) is 30.8 Å². The number of hydrogen-bond donors (Lipinski definition) is 1. The van der Waals surface area contributed by atoms with Crippen LogP contribution in [0.25, 0.3) is 5.69 Å². The summed E-state index contributed by atoms with van der Waals surface area (Å²) in [6.45, 7) is 1.89. The third kappa shape index (κ3) is 2.92. The molecule has 1 saturated carbocycles. The molecule has 21 heavy (non-hydrogen) atoms. The number of carboxylic acids is 1. The Morgan fingerprint density at radius 2 is 2.24 bits per heavy atom. The first-order valence-electron chi connectivity index (χ1n) is 6.62. The van der Waals surface area contributed by atoms with Gasteiger partial charge in [0.2, 0.25) is 0 Å². The molecule has 2 aromatic rings. The predicted molar refractivity (Wildman–Crippen MR) is 76.4 cm³/mol. The zero-order valence-electron chi connectivity index (χ0n) is 11.4. The van der Waals surface area contributed by atoms with Gasteiger partial charge in [0.25, 0.3) is 0 Å². The molecule has 0 aliphatic heterocycles. The van der Waals surface area contributed by atoms with Gasteiger partial charge in [-0.2, -0.15) is 0 Å². The Hall–Kier alpha value is -1.89. The average Bonchev–Trinajstić information content (AvgIpc) is 3.20. The fraction of sp³-hybridized carbons (Fsp3) is 0.357. The first kappa shape index (κ1) is 14.1. The van der Waals surface area contributed by atoms with Crippen LogP contribution in [0.1, 0.15) is 30.1 Å². The van der Waals surface area contributed by atoms with E-state index in [9.17, 15) is 9.18 Å². The number of aromatic nitrogens is 3. The summed E-state index contributed by atoms with van der Waals surface area (Å²) in [4.78, 5) is 10.8. The van der Waals surface area contributed by atoms with Crippen LogP contribution >= 0.6 is 11.8 Å². The summed E-state index contributed by atoms with van der Waals surface area (Å²) >= 11 is 1.10. The van der Waals surface area contributed by atoms with E-state index in [0.29, 0.717) is 16.8 Å². The molecule has 0 bridgehead atoms. The second-order valence-corrected chi connectivity index (χ2v) is 6.01. The maximum atomic E-state index is 13.6. The van der Waals surface area contributed by atoms with Crippen molar-refractivity contribution >= 4 is 17.7 Å². The lowest BCUT2D eigenvalue weighted by Gasteiger charge is -2.12. The number of carboxylic acid groups (broad SMARTS) is 1. The molecule has 0 atom stereocenters. The smallest absolute Gasteiger partial charge is 0.313 e. The Balaban J connectivity index is 2.07. The molecule has 0 amide bonds. The van der Waals surface area contributed by atoms with Crippen molar-refractivity contribution in [1.29, 1.82) is 0 Å². The average molecular weight is 307 g/mol. The van der Waals surface area contributed by atoms with Crippen molar-refractivity contribution < 1.29 is 14.3 Å². The number of aliphatic carboxylic acids is 1. The summed E-state index contributed by atoms with van der Waals surface area (Å²) in [7, 11) is 0. The Morgan fingerprint density at radius 1 is 1.48 bits per heavy atom. The molecule has 1 heterocycles. The zero-order chi connectivity index (χ0) is 15.0. The van der Waals surface area contributed by atoms with E-state index in [2.05, 4.69) is 10.2 Å². The van der Waals surface area contributed by atoms with E-state index in [-0.39, 0.29) is 11.6 Å². The van der Waals surface area contributed by atoms with Crippen molar-refractivity contribution in [3.63, 3.8) is 0 Å². The summed E-state index contributed by atoms with van der Waals surface area (Å²) in [5.41, 5.74) is 1.57. The first-order valence-corrected chi connectivity index (χ1v) is 7.61. The number of aryl methyl sites for hydroxylation is 1. The third-order valence-electron chi connectivity index (χ3n) is 3.34. The predicted octanol–water partition coefficient (Wildman–Crippen LogP) is 2.77. The van der Waals surface area contributed by atoms with Crippen LogP contribution in [0.3, 0.4) is 0 Å². The fourth-order valence-electron chi connectivity index (χ4n) is 2.16. The van der Waals surface area contributed by atoms with Crippen LogP contribution in [0.2, 0.25) is 0 Å². The number of carbonyl (C=O) groups is 1. The van der Waals surface area contributed by atoms with E-state index in [0.717, 1.165) is 36.0 Å². The molecule has 0 radical (unpaired) electrons. The molecular weight excluding hydrogens is 293 g/mol. The van der Waals surface area contributed by atoms with Gasteiger partial charge >= 0.3 is 5.97 Å². The minimum absolute atomic E-state index is 0.100. The lowest BCUT2D eigenvalue weighted by molar-refractivity contribution is -0.133. The minimum Gasteiger partial charge on any atom is -0.481 e. The van der Waals surface area contributed by atoms with Gasteiger partial charge in [0.05, 0.1) is 11.4 Å². The van der Waals surface area contributed by atoms with Crippen molar-refractivity contribution in [2.24, 2.45) is 0 Å². The maximum absolute atomic E-state index is 13.6. The lowest BCUT2D eigenvalue weighted by atomic mass is 10.2. The van der Waals surface area contributed by atoms with E-state index < -0.39 is 5.97 Å². The molecule has 1 fully saturated rings. The van der Waals surface area contributed by atoms with Gasteiger partial charge in [0.1, 0.15) is 11.6 Å². The Morgan fingerprint density at radius 3 is 2.90 bits per heavy atom. The molecule has 1 aliphatic rings. The zero-order valence-corrected chi connectivity index (χ0v) is 12.2. The third-order valence-corrected chi connectivity index (χ3v) is 4.25. The molecule has 0 unspecified atom stereocenters. The van der Waals surface area contributed by atoms with Crippen molar-refractivity contribution in [3.05, 3.63) is 35.4 Å². The second kappa shape index (κ2) is 5.48. The number of benzene rings is 1. The van der Waals surface area contributed by atoms with Crippen molar-refractivity contribution in [2.75, 3.05) is 5.75 Å². The molecule has 0 saturated heterocycles. The molecule has 3 rings (SSSR count). The van der Waals surface area contributed by atoms with E-state index in [1.807, 2.05) is 6.92 Å². The SMILES string of the molecule is Cc1ccc(F)cc1-n1c(SCC(=O)O)nnc1C1CC1. The van der Waals surface area contributed by atoms with Crippen LogP contribution < -0.4 is 0 Å². The quantitative estimate of drug-likeness (QED) is 0.860. The monoisotopic (exact) mass is 307 g/mol. The van der Waals surface area contributed by atoms with E-state index >= 15 is 0 Å². The first-order chi connectivity index (χ1) is 10.1. The second-order valence-electron chi connectivity index (χ2n) is 5.06. The van der Waals surface area contributed by atoms with Crippen molar-refractivity contribution in [3.8, 4) is 5.69 Å². The molecule has 7 heteroatoms.